The number of nitrogens with one attached hydrogen (secondary N) is 1. The highest BCUT2D eigenvalue weighted by atomic mass is 16.6. The molecule has 0 radical (unpaired) electrons. The van der Waals surface area contributed by atoms with Crippen LogP contribution in [0.1, 0.15) is 30.9 Å². The maximum absolute atomic E-state index is 5.74. The maximum Gasteiger partial charge on any atom is 0.165 e. The largest absolute Gasteiger partial charge is 0.486 e. The first-order chi connectivity index (χ1) is 8.24. The summed E-state index contributed by atoms with van der Waals surface area (Å²) < 4.78 is 11.3. The summed E-state index contributed by atoms with van der Waals surface area (Å²) in [5, 5.41) is 0. The molecule has 0 aromatic heterocycles. The van der Waals surface area contributed by atoms with Crippen LogP contribution in [-0.4, -0.2) is 20.3 Å². The summed E-state index contributed by atoms with van der Waals surface area (Å²) in [6.45, 7) is 6.22. The smallest absolute Gasteiger partial charge is 0.165 e. The van der Waals surface area contributed by atoms with Crippen molar-refractivity contribution in [3.05, 3.63) is 23.3 Å². The first-order valence-electron chi connectivity index (χ1n) is 5.91. The van der Waals surface area contributed by atoms with E-state index >= 15 is 0 Å². The third kappa shape index (κ3) is 2.53. The van der Waals surface area contributed by atoms with Gasteiger partial charge in [-0.05, 0) is 17.5 Å². The number of fused-ring (bicyclic) bond motifs is 1. The Kier molecular flexibility index (Phi) is 3.86. The molecule has 0 fully saturated rings. The molecular formula is C13H19NO3. The third-order valence-electron chi connectivity index (χ3n) is 2.82. The molecule has 1 N–H and O–H groups in total. The van der Waals surface area contributed by atoms with Crippen molar-refractivity contribution in [1.29, 1.82) is 0 Å². The van der Waals surface area contributed by atoms with Gasteiger partial charge in [-0.25, -0.2) is 0 Å². The van der Waals surface area contributed by atoms with E-state index in [1.807, 2.05) is 6.07 Å². The van der Waals surface area contributed by atoms with E-state index in [0.717, 1.165) is 11.5 Å². The van der Waals surface area contributed by atoms with Crippen molar-refractivity contribution in [2.24, 2.45) is 0 Å². The van der Waals surface area contributed by atoms with Gasteiger partial charge in [0.2, 0.25) is 0 Å². The molecule has 0 atom stereocenters. The van der Waals surface area contributed by atoms with Crippen LogP contribution in [0, 0.1) is 0 Å². The number of hydroxylamine groups is 1. The molecule has 4 heteroatoms. The molecule has 1 aromatic carbocycles. The lowest BCUT2D eigenvalue weighted by molar-refractivity contribution is 0.0862. The molecule has 0 bridgehead atoms. The summed E-state index contributed by atoms with van der Waals surface area (Å²) in [6, 6.07) is 4.03. The lowest BCUT2D eigenvalue weighted by atomic mass is 9.95. The molecule has 1 heterocycles. The molecule has 0 aliphatic carbocycles. The molecule has 0 unspecified atom stereocenters. The van der Waals surface area contributed by atoms with E-state index in [-0.39, 0.29) is 0 Å². The molecule has 0 amide bonds. The summed E-state index contributed by atoms with van der Waals surface area (Å²) in [7, 11) is 1.62. The number of hydrogen-bond acceptors (Lipinski definition) is 4. The van der Waals surface area contributed by atoms with Gasteiger partial charge in [0.25, 0.3) is 0 Å². The van der Waals surface area contributed by atoms with Crippen LogP contribution >= 0.6 is 0 Å². The van der Waals surface area contributed by atoms with Gasteiger partial charge in [0, 0.05) is 12.1 Å². The van der Waals surface area contributed by atoms with Crippen molar-refractivity contribution in [3.63, 3.8) is 0 Å². The molecule has 0 saturated heterocycles. The predicted molar refractivity (Wildman–Crippen MR) is 65.4 cm³/mol. The van der Waals surface area contributed by atoms with Gasteiger partial charge >= 0.3 is 0 Å². The van der Waals surface area contributed by atoms with Gasteiger partial charge in [0.05, 0.1) is 7.11 Å². The number of hydrogen-bond donors (Lipinski definition) is 1. The van der Waals surface area contributed by atoms with E-state index in [1.54, 1.807) is 7.11 Å². The second-order valence-corrected chi connectivity index (χ2v) is 4.34. The van der Waals surface area contributed by atoms with E-state index in [2.05, 4.69) is 25.4 Å². The van der Waals surface area contributed by atoms with Crippen LogP contribution in [0.2, 0.25) is 0 Å². The van der Waals surface area contributed by atoms with Gasteiger partial charge in [0.15, 0.2) is 11.5 Å². The van der Waals surface area contributed by atoms with E-state index < -0.39 is 0 Å². The molecule has 1 aromatic rings. The lowest BCUT2D eigenvalue weighted by Crippen LogP contribution is -2.19. The Morgan fingerprint density at radius 3 is 2.76 bits per heavy atom. The standard InChI is InChI=1S/C13H19NO3/c1-9(2)12-10(8-14-15-3)4-5-11-13(12)17-7-6-16-11/h4-5,9,14H,6-8H2,1-3H3. The summed E-state index contributed by atoms with van der Waals surface area (Å²) in [5.74, 6) is 2.13. The minimum absolute atomic E-state index is 0.389. The minimum atomic E-state index is 0.389. The minimum Gasteiger partial charge on any atom is -0.486 e. The zero-order valence-electron chi connectivity index (χ0n) is 10.6. The van der Waals surface area contributed by atoms with Crippen molar-refractivity contribution in [2.45, 2.75) is 26.3 Å². The second kappa shape index (κ2) is 5.38. The summed E-state index contributed by atoms with van der Waals surface area (Å²) in [4.78, 5) is 4.90. The highest BCUT2D eigenvalue weighted by Crippen LogP contribution is 2.39. The van der Waals surface area contributed by atoms with Gasteiger partial charge in [0.1, 0.15) is 13.2 Å². The second-order valence-electron chi connectivity index (χ2n) is 4.34. The Balaban J connectivity index is 2.38. The SMILES string of the molecule is CONCc1ccc2c(c1C(C)C)OCCO2. The average molecular weight is 237 g/mol. The van der Waals surface area contributed by atoms with Gasteiger partial charge in [-0.15, -0.1) is 0 Å². The zero-order chi connectivity index (χ0) is 12.3. The topological polar surface area (TPSA) is 39.7 Å². The van der Waals surface area contributed by atoms with Crippen molar-refractivity contribution >= 4 is 0 Å². The monoisotopic (exact) mass is 237 g/mol. The van der Waals surface area contributed by atoms with Crippen molar-refractivity contribution in [2.75, 3.05) is 20.3 Å². The van der Waals surface area contributed by atoms with Crippen LogP contribution < -0.4 is 15.0 Å². The van der Waals surface area contributed by atoms with Crippen molar-refractivity contribution < 1.29 is 14.3 Å². The van der Waals surface area contributed by atoms with Gasteiger partial charge < -0.3 is 14.3 Å². The van der Waals surface area contributed by atoms with Crippen LogP contribution in [-0.2, 0) is 11.4 Å². The Bertz CT molecular complexity index is 390. The van der Waals surface area contributed by atoms with Crippen LogP contribution in [0.25, 0.3) is 0 Å². The van der Waals surface area contributed by atoms with E-state index in [0.29, 0.717) is 25.7 Å². The third-order valence-corrected chi connectivity index (χ3v) is 2.82. The molecule has 1 aliphatic rings. The Hall–Kier alpha value is -1.26. The Morgan fingerprint density at radius 2 is 2.06 bits per heavy atom. The maximum atomic E-state index is 5.74. The van der Waals surface area contributed by atoms with E-state index in [9.17, 15) is 0 Å². The number of benzene rings is 1. The van der Waals surface area contributed by atoms with Crippen molar-refractivity contribution in [3.8, 4) is 11.5 Å². The molecule has 94 valence electrons. The highest BCUT2D eigenvalue weighted by Gasteiger charge is 2.20. The van der Waals surface area contributed by atoms with Gasteiger partial charge in [-0.1, -0.05) is 19.9 Å². The van der Waals surface area contributed by atoms with Crippen LogP contribution in [0.15, 0.2) is 12.1 Å². The molecule has 2 rings (SSSR count). The molecule has 0 saturated carbocycles. The summed E-state index contributed by atoms with van der Waals surface area (Å²) in [6.07, 6.45) is 0. The first kappa shape index (κ1) is 12.2. The van der Waals surface area contributed by atoms with Crippen molar-refractivity contribution in [1.82, 2.24) is 5.48 Å². The molecule has 1 aliphatic heterocycles. The van der Waals surface area contributed by atoms with Crippen LogP contribution in [0.5, 0.6) is 11.5 Å². The fourth-order valence-corrected chi connectivity index (χ4v) is 2.12. The molecular weight excluding hydrogens is 218 g/mol. The van der Waals surface area contributed by atoms with E-state index in [4.69, 9.17) is 14.3 Å². The molecule has 4 nitrogen and oxygen atoms in total. The van der Waals surface area contributed by atoms with Gasteiger partial charge in [-0.2, -0.15) is 5.48 Å². The fourth-order valence-electron chi connectivity index (χ4n) is 2.12. The quantitative estimate of drug-likeness (QED) is 0.815. The lowest BCUT2D eigenvalue weighted by Gasteiger charge is -2.24. The molecule has 0 spiro atoms. The Morgan fingerprint density at radius 1 is 1.29 bits per heavy atom. The zero-order valence-corrected chi connectivity index (χ0v) is 10.6. The number of rotatable bonds is 4. The van der Waals surface area contributed by atoms with E-state index in [1.165, 1.54) is 11.1 Å². The predicted octanol–water partition coefficient (Wildman–Crippen LogP) is 2.23. The Labute approximate surface area is 102 Å². The number of ether oxygens (including phenoxy) is 2. The normalized spacial score (nSPS) is 14.1. The molecule has 17 heavy (non-hydrogen) atoms. The summed E-state index contributed by atoms with van der Waals surface area (Å²) >= 11 is 0. The summed E-state index contributed by atoms with van der Waals surface area (Å²) in [5.41, 5.74) is 5.26. The first-order valence-corrected chi connectivity index (χ1v) is 5.91. The van der Waals surface area contributed by atoms with Gasteiger partial charge in [-0.3, -0.25) is 0 Å². The average Bonchev–Trinajstić information content (AvgIpc) is 2.35. The highest BCUT2D eigenvalue weighted by molar-refractivity contribution is 5.52. The fraction of sp³-hybridized carbons (Fsp3) is 0.538. The van der Waals surface area contributed by atoms with Crippen LogP contribution in [0.4, 0.5) is 0 Å². The van der Waals surface area contributed by atoms with Crippen LogP contribution in [0.3, 0.4) is 0 Å².